The van der Waals surface area contributed by atoms with Crippen molar-refractivity contribution < 1.29 is 9.59 Å². The van der Waals surface area contributed by atoms with E-state index in [0.717, 1.165) is 22.4 Å². The number of nitrogens with zero attached hydrogens (tertiary/aromatic N) is 5. The summed E-state index contributed by atoms with van der Waals surface area (Å²) in [6.07, 6.45) is 1.41. The third kappa shape index (κ3) is 3.03. The molecule has 2 unspecified atom stereocenters. The maximum absolute atomic E-state index is 13.3. The molecule has 0 saturated carbocycles. The van der Waals surface area contributed by atoms with Gasteiger partial charge in [-0.2, -0.15) is 0 Å². The van der Waals surface area contributed by atoms with Crippen molar-refractivity contribution in [2.45, 2.75) is 26.1 Å². The van der Waals surface area contributed by atoms with Crippen LogP contribution in [-0.2, 0) is 4.79 Å². The second-order valence-electron chi connectivity index (χ2n) is 7.89. The van der Waals surface area contributed by atoms with Crippen LogP contribution in [0.4, 0.5) is 4.79 Å². The first-order valence-electron chi connectivity index (χ1n) is 9.57. The van der Waals surface area contributed by atoms with Crippen molar-refractivity contribution >= 4 is 23.6 Å². The molecule has 3 aliphatic rings. The molecule has 1 aromatic rings. The first-order chi connectivity index (χ1) is 13.8. The molecule has 29 heavy (non-hydrogen) atoms. The SMILES string of the molecule is C=C(C)CN1C(=O)C2C(N=C3N(CC(=C)C)C(c4ccccc4)=CN32)N(C)C1=O. The van der Waals surface area contributed by atoms with E-state index in [1.165, 1.54) is 9.80 Å². The average molecular weight is 391 g/mol. The number of hydrogen-bond acceptors (Lipinski definition) is 5. The van der Waals surface area contributed by atoms with Gasteiger partial charge in [0.15, 0.2) is 12.2 Å². The highest BCUT2D eigenvalue weighted by Crippen LogP contribution is 2.37. The zero-order valence-electron chi connectivity index (χ0n) is 17.0. The van der Waals surface area contributed by atoms with Gasteiger partial charge < -0.3 is 14.7 Å². The molecule has 3 heterocycles. The molecule has 0 bridgehead atoms. The second kappa shape index (κ2) is 6.92. The summed E-state index contributed by atoms with van der Waals surface area (Å²) in [6, 6.07) is 9.07. The zero-order valence-corrected chi connectivity index (χ0v) is 17.0. The van der Waals surface area contributed by atoms with Crippen LogP contribution in [-0.4, -0.2) is 69.8 Å². The van der Waals surface area contributed by atoms with Crippen molar-refractivity contribution in [2.75, 3.05) is 20.1 Å². The van der Waals surface area contributed by atoms with Gasteiger partial charge in [-0.05, 0) is 19.4 Å². The number of guanidine groups is 1. The molecule has 0 aromatic heterocycles. The van der Waals surface area contributed by atoms with E-state index in [1.807, 2.05) is 48.4 Å². The Balaban J connectivity index is 1.75. The van der Waals surface area contributed by atoms with E-state index in [2.05, 4.69) is 18.1 Å². The lowest BCUT2D eigenvalue weighted by atomic mass is 10.1. The number of imide groups is 1. The molecule has 7 heteroatoms. The van der Waals surface area contributed by atoms with Gasteiger partial charge in [0, 0.05) is 19.8 Å². The number of aliphatic imine (C=N–C) groups is 1. The Morgan fingerprint density at radius 2 is 1.66 bits per heavy atom. The van der Waals surface area contributed by atoms with E-state index in [9.17, 15) is 9.59 Å². The minimum atomic E-state index is -0.583. The number of rotatable bonds is 5. The number of likely N-dealkylation sites (N-methyl/N-ethyl adjacent to an activating group) is 1. The molecule has 7 nitrogen and oxygen atoms in total. The third-order valence-corrected chi connectivity index (χ3v) is 5.23. The number of benzene rings is 1. The van der Waals surface area contributed by atoms with Gasteiger partial charge in [-0.25, -0.2) is 9.79 Å². The Kier molecular flexibility index (Phi) is 4.53. The van der Waals surface area contributed by atoms with E-state index in [1.54, 1.807) is 14.0 Å². The Labute approximate surface area is 170 Å². The molecule has 1 fully saturated rings. The van der Waals surface area contributed by atoms with E-state index in [4.69, 9.17) is 4.99 Å². The Bertz CT molecular complexity index is 965. The minimum Gasteiger partial charge on any atom is -0.306 e. The fourth-order valence-corrected chi connectivity index (χ4v) is 3.96. The van der Waals surface area contributed by atoms with Gasteiger partial charge in [0.05, 0.1) is 12.2 Å². The molecule has 1 saturated heterocycles. The van der Waals surface area contributed by atoms with Crippen molar-refractivity contribution in [3.63, 3.8) is 0 Å². The molecular formula is C22H25N5O2. The summed E-state index contributed by atoms with van der Waals surface area (Å²) in [5, 5.41) is 0. The van der Waals surface area contributed by atoms with Gasteiger partial charge in [-0.1, -0.05) is 54.6 Å². The molecule has 150 valence electrons. The smallest absolute Gasteiger partial charge is 0.306 e. The predicted octanol–water partition coefficient (Wildman–Crippen LogP) is 2.71. The number of hydrogen-bond donors (Lipinski definition) is 0. The van der Waals surface area contributed by atoms with Crippen LogP contribution < -0.4 is 0 Å². The highest BCUT2D eigenvalue weighted by atomic mass is 16.2. The summed E-state index contributed by atoms with van der Waals surface area (Å²) < 4.78 is 0. The largest absolute Gasteiger partial charge is 0.328 e. The highest BCUT2D eigenvalue weighted by Gasteiger charge is 2.54. The highest BCUT2D eigenvalue weighted by molar-refractivity contribution is 6.07. The van der Waals surface area contributed by atoms with Gasteiger partial charge in [-0.15, -0.1) is 0 Å². The molecule has 0 N–H and O–H groups in total. The molecule has 2 atom stereocenters. The van der Waals surface area contributed by atoms with Crippen LogP contribution in [0, 0.1) is 0 Å². The normalized spacial score (nSPS) is 23.1. The van der Waals surface area contributed by atoms with Crippen LogP contribution in [0.2, 0.25) is 0 Å². The fraction of sp³-hybridized carbons (Fsp3) is 0.318. The Morgan fingerprint density at radius 3 is 2.28 bits per heavy atom. The fourth-order valence-electron chi connectivity index (χ4n) is 3.96. The first-order valence-corrected chi connectivity index (χ1v) is 9.57. The lowest BCUT2D eigenvalue weighted by Crippen LogP contribution is -2.64. The third-order valence-electron chi connectivity index (χ3n) is 5.23. The summed E-state index contributed by atoms with van der Waals surface area (Å²) in [5.74, 6) is 0.424. The molecule has 0 aliphatic carbocycles. The molecule has 3 amide bonds. The lowest BCUT2D eigenvalue weighted by Gasteiger charge is -2.40. The van der Waals surface area contributed by atoms with Crippen LogP contribution in [0.15, 0.2) is 65.8 Å². The van der Waals surface area contributed by atoms with Gasteiger partial charge in [0.1, 0.15) is 0 Å². The standard InChI is InChI=1S/C22H25N5O2/c1-14(2)11-25-17(16-9-7-6-8-10-16)13-26-18-19(23-21(25)26)24(5)22(29)27(20(18)28)12-15(3)4/h6-10,13,18-19H,1,3,11-12H2,2,4-5H3. The van der Waals surface area contributed by atoms with Crippen LogP contribution in [0.1, 0.15) is 19.4 Å². The minimum absolute atomic E-state index is 0.207. The summed E-state index contributed by atoms with van der Waals surface area (Å²) in [4.78, 5) is 37.6. The quantitative estimate of drug-likeness (QED) is 0.724. The van der Waals surface area contributed by atoms with Crippen molar-refractivity contribution in [2.24, 2.45) is 4.99 Å². The maximum atomic E-state index is 13.3. The van der Waals surface area contributed by atoms with Crippen LogP contribution >= 0.6 is 0 Å². The first kappa shape index (κ1) is 19.0. The lowest BCUT2D eigenvalue weighted by molar-refractivity contribution is -0.136. The van der Waals surface area contributed by atoms with E-state index in [0.29, 0.717) is 12.5 Å². The molecule has 0 spiro atoms. The second-order valence-corrected chi connectivity index (χ2v) is 7.89. The maximum Gasteiger partial charge on any atom is 0.328 e. The van der Waals surface area contributed by atoms with Crippen LogP contribution in [0.3, 0.4) is 0 Å². The van der Waals surface area contributed by atoms with E-state index in [-0.39, 0.29) is 18.5 Å². The van der Waals surface area contributed by atoms with E-state index >= 15 is 0 Å². The number of carbonyl (C=O) groups is 2. The van der Waals surface area contributed by atoms with Gasteiger partial charge in [0.2, 0.25) is 5.96 Å². The molecule has 4 rings (SSSR count). The monoisotopic (exact) mass is 391 g/mol. The van der Waals surface area contributed by atoms with Gasteiger partial charge >= 0.3 is 6.03 Å². The van der Waals surface area contributed by atoms with Crippen molar-refractivity contribution in [1.29, 1.82) is 0 Å². The molecule has 1 aromatic carbocycles. The summed E-state index contributed by atoms with van der Waals surface area (Å²) in [5.41, 5.74) is 3.73. The van der Waals surface area contributed by atoms with Gasteiger partial charge in [-0.3, -0.25) is 9.69 Å². The average Bonchev–Trinajstić information content (AvgIpc) is 3.21. The summed E-state index contributed by atoms with van der Waals surface area (Å²) >= 11 is 0. The Hall–Kier alpha value is -3.35. The Morgan fingerprint density at radius 1 is 1.03 bits per heavy atom. The predicted molar refractivity (Wildman–Crippen MR) is 112 cm³/mol. The van der Waals surface area contributed by atoms with E-state index < -0.39 is 12.2 Å². The van der Waals surface area contributed by atoms with Crippen LogP contribution in [0.5, 0.6) is 0 Å². The number of fused-ring (bicyclic) bond motifs is 3. The number of urea groups is 1. The number of carbonyl (C=O) groups excluding carboxylic acids is 2. The summed E-state index contributed by atoms with van der Waals surface area (Å²) in [6.45, 7) is 12.5. The molecule has 0 radical (unpaired) electrons. The molecule has 3 aliphatic heterocycles. The van der Waals surface area contributed by atoms with Crippen molar-refractivity contribution in [1.82, 2.24) is 19.6 Å². The van der Waals surface area contributed by atoms with Crippen molar-refractivity contribution in [3.05, 3.63) is 66.4 Å². The van der Waals surface area contributed by atoms with Crippen LogP contribution in [0.25, 0.3) is 5.70 Å². The number of amides is 3. The zero-order chi connectivity index (χ0) is 20.9. The summed E-state index contributed by atoms with van der Waals surface area (Å²) in [7, 11) is 1.69. The molecular weight excluding hydrogens is 366 g/mol. The van der Waals surface area contributed by atoms with Gasteiger partial charge in [0.25, 0.3) is 5.91 Å². The topological polar surface area (TPSA) is 59.5 Å². The van der Waals surface area contributed by atoms with Crippen molar-refractivity contribution in [3.8, 4) is 0 Å².